The standard InChI is InChI=1S/C16H19N3O3/c1-10-2-6-13(7-3-10)19-9-12(8-14(19)20)16(22)18-17-15(21)11-4-5-11/h2-3,6-7,11-12H,4-5,8-9H2,1H3,(H,17,21)(H,18,22)/t12-/m0/s1. The summed E-state index contributed by atoms with van der Waals surface area (Å²) in [7, 11) is 0. The number of nitrogens with one attached hydrogen (secondary N) is 2. The van der Waals surface area contributed by atoms with Gasteiger partial charge in [0.15, 0.2) is 0 Å². The second-order valence-electron chi connectivity index (χ2n) is 5.99. The molecule has 6 nitrogen and oxygen atoms in total. The zero-order chi connectivity index (χ0) is 15.7. The number of hydrazine groups is 1. The average Bonchev–Trinajstić information content (AvgIpc) is 3.28. The number of benzene rings is 1. The summed E-state index contributed by atoms with van der Waals surface area (Å²) in [5.74, 6) is -0.926. The van der Waals surface area contributed by atoms with Crippen molar-refractivity contribution in [3.8, 4) is 0 Å². The molecule has 1 heterocycles. The fourth-order valence-corrected chi connectivity index (χ4v) is 2.53. The SMILES string of the molecule is Cc1ccc(N2C[C@@H](C(=O)NNC(=O)C3CC3)CC2=O)cc1. The van der Waals surface area contributed by atoms with Crippen LogP contribution in [0.1, 0.15) is 24.8 Å². The molecular formula is C16H19N3O3. The topological polar surface area (TPSA) is 78.5 Å². The highest BCUT2D eigenvalue weighted by molar-refractivity contribution is 6.00. The molecule has 3 rings (SSSR count). The van der Waals surface area contributed by atoms with Gasteiger partial charge < -0.3 is 4.90 Å². The molecule has 0 unspecified atom stereocenters. The molecule has 1 saturated heterocycles. The van der Waals surface area contributed by atoms with Gasteiger partial charge in [0, 0.05) is 24.6 Å². The van der Waals surface area contributed by atoms with Crippen molar-refractivity contribution in [2.75, 3.05) is 11.4 Å². The van der Waals surface area contributed by atoms with Crippen molar-refractivity contribution in [3.05, 3.63) is 29.8 Å². The highest BCUT2D eigenvalue weighted by Crippen LogP contribution is 2.28. The number of rotatable bonds is 3. The van der Waals surface area contributed by atoms with Crippen molar-refractivity contribution >= 4 is 23.4 Å². The zero-order valence-electron chi connectivity index (χ0n) is 12.5. The summed E-state index contributed by atoms with van der Waals surface area (Å²) in [6.45, 7) is 2.32. The monoisotopic (exact) mass is 301 g/mol. The van der Waals surface area contributed by atoms with Gasteiger partial charge in [-0.15, -0.1) is 0 Å². The minimum absolute atomic E-state index is 0.0366. The summed E-state index contributed by atoms with van der Waals surface area (Å²) in [4.78, 5) is 37.3. The van der Waals surface area contributed by atoms with E-state index in [0.717, 1.165) is 24.1 Å². The van der Waals surface area contributed by atoms with Crippen LogP contribution in [0.15, 0.2) is 24.3 Å². The number of carbonyl (C=O) groups is 3. The van der Waals surface area contributed by atoms with Crippen molar-refractivity contribution < 1.29 is 14.4 Å². The summed E-state index contributed by atoms with van der Waals surface area (Å²) in [5, 5.41) is 0. The third-order valence-corrected chi connectivity index (χ3v) is 4.10. The van der Waals surface area contributed by atoms with Crippen LogP contribution in [0.4, 0.5) is 5.69 Å². The van der Waals surface area contributed by atoms with E-state index in [1.165, 1.54) is 0 Å². The van der Waals surface area contributed by atoms with E-state index < -0.39 is 5.92 Å². The van der Waals surface area contributed by atoms with Crippen LogP contribution < -0.4 is 15.8 Å². The zero-order valence-corrected chi connectivity index (χ0v) is 12.5. The molecule has 0 aromatic heterocycles. The maximum absolute atomic E-state index is 12.1. The van der Waals surface area contributed by atoms with Gasteiger partial charge in [-0.2, -0.15) is 0 Å². The smallest absolute Gasteiger partial charge is 0.243 e. The van der Waals surface area contributed by atoms with Gasteiger partial charge in [-0.1, -0.05) is 17.7 Å². The number of carbonyl (C=O) groups excluding carboxylic acids is 3. The molecule has 1 saturated carbocycles. The molecule has 2 N–H and O–H groups in total. The lowest BCUT2D eigenvalue weighted by atomic mass is 10.1. The maximum atomic E-state index is 12.1. The highest BCUT2D eigenvalue weighted by atomic mass is 16.2. The minimum atomic E-state index is -0.437. The Bertz CT molecular complexity index is 608. The molecule has 0 bridgehead atoms. The maximum Gasteiger partial charge on any atom is 0.243 e. The molecule has 0 radical (unpaired) electrons. The van der Waals surface area contributed by atoms with Gasteiger partial charge in [0.2, 0.25) is 17.7 Å². The van der Waals surface area contributed by atoms with Crippen LogP contribution in [-0.4, -0.2) is 24.3 Å². The molecule has 6 heteroatoms. The third-order valence-electron chi connectivity index (χ3n) is 4.10. The van der Waals surface area contributed by atoms with Crippen molar-refractivity contribution in [2.45, 2.75) is 26.2 Å². The van der Waals surface area contributed by atoms with Crippen molar-refractivity contribution in [1.82, 2.24) is 10.9 Å². The Morgan fingerprint density at radius 2 is 1.64 bits per heavy atom. The molecule has 1 aromatic rings. The van der Waals surface area contributed by atoms with E-state index in [4.69, 9.17) is 0 Å². The Labute approximate surface area is 128 Å². The van der Waals surface area contributed by atoms with Crippen LogP contribution in [0.3, 0.4) is 0 Å². The Kier molecular flexibility index (Phi) is 3.83. The van der Waals surface area contributed by atoms with Crippen molar-refractivity contribution in [2.24, 2.45) is 11.8 Å². The molecule has 1 aromatic carbocycles. The van der Waals surface area contributed by atoms with Crippen LogP contribution >= 0.6 is 0 Å². The largest absolute Gasteiger partial charge is 0.312 e. The quantitative estimate of drug-likeness (QED) is 0.814. The van der Waals surface area contributed by atoms with Crippen LogP contribution in [0.5, 0.6) is 0 Å². The second kappa shape index (κ2) is 5.79. The number of hydrogen-bond donors (Lipinski definition) is 2. The van der Waals surface area contributed by atoms with Crippen LogP contribution in [0.2, 0.25) is 0 Å². The van der Waals surface area contributed by atoms with Gasteiger partial charge in [-0.05, 0) is 31.9 Å². The summed E-state index contributed by atoms with van der Waals surface area (Å²) in [6, 6.07) is 7.63. The van der Waals surface area contributed by atoms with E-state index >= 15 is 0 Å². The lowest BCUT2D eigenvalue weighted by Gasteiger charge is -2.17. The predicted molar refractivity (Wildman–Crippen MR) is 80.6 cm³/mol. The number of hydrogen-bond acceptors (Lipinski definition) is 3. The van der Waals surface area contributed by atoms with E-state index in [1.807, 2.05) is 31.2 Å². The van der Waals surface area contributed by atoms with E-state index in [9.17, 15) is 14.4 Å². The first-order valence-corrected chi connectivity index (χ1v) is 7.51. The summed E-state index contributed by atoms with van der Waals surface area (Å²) in [6.07, 6.45) is 1.93. The summed E-state index contributed by atoms with van der Waals surface area (Å²) in [5.41, 5.74) is 6.78. The molecule has 22 heavy (non-hydrogen) atoms. The molecule has 116 valence electrons. The normalized spacial score (nSPS) is 20.9. The molecule has 3 amide bonds. The Hall–Kier alpha value is -2.37. The first kappa shape index (κ1) is 14.6. The first-order chi connectivity index (χ1) is 10.5. The van der Waals surface area contributed by atoms with Gasteiger partial charge in [0.1, 0.15) is 0 Å². The number of amides is 3. The Balaban J connectivity index is 1.57. The highest BCUT2D eigenvalue weighted by Gasteiger charge is 2.36. The fourth-order valence-electron chi connectivity index (χ4n) is 2.53. The molecule has 1 aliphatic heterocycles. The van der Waals surface area contributed by atoms with E-state index in [1.54, 1.807) is 4.90 Å². The van der Waals surface area contributed by atoms with Gasteiger partial charge in [-0.25, -0.2) is 0 Å². The van der Waals surface area contributed by atoms with Gasteiger partial charge in [0.05, 0.1) is 5.92 Å². The van der Waals surface area contributed by atoms with Gasteiger partial charge in [-0.3, -0.25) is 25.2 Å². The van der Waals surface area contributed by atoms with E-state index in [-0.39, 0.29) is 30.1 Å². The van der Waals surface area contributed by atoms with Crippen LogP contribution in [-0.2, 0) is 14.4 Å². The summed E-state index contributed by atoms with van der Waals surface area (Å²) < 4.78 is 0. The fraction of sp³-hybridized carbons (Fsp3) is 0.438. The van der Waals surface area contributed by atoms with Crippen molar-refractivity contribution in [3.63, 3.8) is 0 Å². The summed E-state index contributed by atoms with van der Waals surface area (Å²) >= 11 is 0. The third kappa shape index (κ3) is 3.10. The lowest BCUT2D eigenvalue weighted by Crippen LogP contribution is -2.45. The van der Waals surface area contributed by atoms with Crippen LogP contribution in [0, 0.1) is 18.8 Å². The van der Waals surface area contributed by atoms with E-state index in [2.05, 4.69) is 10.9 Å². The molecule has 1 aliphatic carbocycles. The molecule has 1 atom stereocenters. The second-order valence-corrected chi connectivity index (χ2v) is 5.99. The van der Waals surface area contributed by atoms with Crippen molar-refractivity contribution in [1.29, 1.82) is 0 Å². The Morgan fingerprint density at radius 3 is 2.23 bits per heavy atom. The molecular weight excluding hydrogens is 282 g/mol. The molecule has 2 aliphatic rings. The Morgan fingerprint density at radius 1 is 1.05 bits per heavy atom. The number of nitrogens with zero attached hydrogens (tertiary/aromatic N) is 1. The minimum Gasteiger partial charge on any atom is -0.312 e. The number of anilines is 1. The van der Waals surface area contributed by atoms with E-state index in [0.29, 0.717) is 6.54 Å². The lowest BCUT2D eigenvalue weighted by molar-refractivity contribution is -0.131. The van der Waals surface area contributed by atoms with Crippen LogP contribution in [0.25, 0.3) is 0 Å². The van der Waals surface area contributed by atoms with Gasteiger partial charge >= 0.3 is 0 Å². The first-order valence-electron chi connectivity index (χ1n) is 7.51. The average molecular weight is 301 g/mol. The van der Waals surface area contributed by atoms with Gasteiger partial charge in [0.25, 0.3) is 0 Å². The molecule has 2 fully saturated rings. The predicted octanol–water partition coefficient (Wildman–Crippen LogP) is 0.905. The number of aryl methyl sites for hydroxylation is 1. The molecule has 0 spiro atoms.